The van der Waals surface area contributed by atoms with Crippen LogP contribution in [-0.4, -0.2) is 0 Å². The second-order valence-corrected chi connectivity index (χ2v) is 24.9. The predicted octanol–water partition coefficient (Wildman–Crippen LogP) is 26.1. The first-order valence-corrected chi connectivity index (χ1v) is 33.7. The molecule has 0 aliphatic heterocycles. The van der Waals surface area contributed by atoms with Gasteiger partial charge in [0.05, 0.1) is 16.9 Å². The molecule has 0 heterocycles. The molecule has 4 nitrogen and oxygen atoms in total. The van der Waals surface area contributed by atoms with Gasteiger partial charge >= 0.3 is 0 Å². The van der Waals surface area contributed by atoms with E-state index < -0.39 is 5.54 Å². The minimum Gasteiger partial charge on any atom is -0.327 e. The molecule has 1 atom stereocenters. The van der Waals surface area contributed by atoms with E-state index in [-0.39, 0.29) is 0 Å². The monoisotopic (exact) mass is 1250 g/mol. The summed E-state index contributed by atoms with van der Waals surface area (Å²) in [6.07, 6.45) is 7.97. The minimum absolute atomic E-state index is 0.450. The summed E-state index contributed by atoms with van der Waals surface area (Å²) in [5, 5.41) is 9.85. The molecule has 4 heteroatoms. The molecule has 16 aromatic carbocycles. The number of hydrogen-bond acceptors (Lipinski definition) is 4. The fourth-order valence-corrected chi connectivity index (χ4v) is 14.1. The van der Waals surface area contributed by atoms with Gasteiger partial charge in [-0.1, -0.05) is 291 Å². The van der Waals surface area contributed by atoms with Crippen LogP contribution in [0.1, 0.15) is 17.5 Å². The van der Waals surface area contributed by atoms with Crippen molar-refractivity contribution in [2.24, 2.45) is 0 Å². The first-order chi connectivity index (χ1) is 48.6. The third kappa shape index (κ3) is 12.2. The standard InChI is InChI=1S/C50H38N2.C44H32N2/c1-4-20-42(21-5-1)50(52(45-24-8-3-9-25-45)49-29-15-19-41-17-11-13-27-47(41)49)36-34-39(35-37-50)38-30-32-44(33-31-38)51(43-22-6-2-7-23-43)48-28-14-18-40-16-10-12-26-46(40)48;1-3-15-39(16-4-1)45(43-29-23-33-11-7-9-13-37(33)31-43)41-25-19-35(20-26-41)36-21-27-42(28-22-36)46(40-17-5-2-6-18-40)44-30-24-34-12-8-10-14-38(34)32-44/h1-36H,37H2;1-32H. The average molecular weight is 1260 g/mol. The fourth-order valence-electron chi connectivity index (χ4n) is 14.1. The van der Waals surface area contributed by atoms with Crippen LogP contribution in [0.15, 0.2) is 413 Å². The summed E-state index contributed by atoms with van der Waals surface area (Å²) >= 11 is 0. The van der Waals surface area contributed by atoms with Crippen LogP contribution in [0.25, 0.3) is 59.8 Å². The second-order valence-electron chi connectivity index (χ2n) is 24.9. The fraction of sp³-hybridized carbons (Fsp3) is 0.0213. The van der Waals surface area contributed by atoms with Crippen molar-refractivity contribution >= 4 is 111 Å². The van der Waals surface area contributed by atoms with Gasteiger partial charge in [-0.15, -0.1) is 0 Å². The first-order valence-electron chi connectivity index (χ1n) is 33.7. The molecule has 1 aliphatic rings. The number of allylic oxidation sites excluding steroid dienone is 2. The topological polar surface area (TPSA) is 13.0 Å². The number of hydrogen-bond donors (Lipinski definition) is 0. The summed E-state index contributed by atoms with van der Waals surface area (Å²) in [5.74, 6) is 0. The van der Waals surface area contributed by atoms with Crippen LogP contribution in [0.3, 0.4) is 0 Å². The molecule has 0 amide bonds. The van der Waals surface area contributed by atoms with E-state index in [2.05, 4.69) is 432 Å². The number of para-hydroxylation sites is 4. The summed E-state index contributed by atoms with van der Waals surface area (Å²) < 4.78 is 0. The molecule has 0 saturated carbocycles. The van der Waals surface area contributed by atoms with Crippen molar-refractivity contribution in [3.63, 3.8) is 0 Å². The molecule has 0 aromatic heterocycles. The van der Waals surface area contributed by atoms with Crippen molar-refractivity contribution in [3.05, 3.63) is 424 Å². The molecule has 1 unspecified atom stereocenters. The van der Waals surface area contributed by atoms with E-state index in [1.807, 2.05) is 0 Å². The van der Waals surface area contributed by atoms with Crippen molar-refractivity contribution in [1.29, 1.82) is 0 Å². The van der Waals surface area contributed by atoms with Gasteiger partial charge < -0.3 is 19.6 Å². The third-order valence-corrected chi connectivity index (χ3v) is 18.9. The Labute approximate surface area is 574 Å². The largest absolute Gasteiger partial charge is 0.327 e. The van der Waals surface area contributed by atoms with Gasteiger partial charge in [-0.05, 0) is 188 Å². The van der Waals surface area contributed by atoms with E-state index in [9.17, 15) is 0 Å². The van der Waals surface area contributed by atoms with Crippen molar-refractivity contribution < 1.29 is 0 Å². The number of rotatable bonds is 15. The maximum Gasteiger partial charge on any atom is 0.0924 e. The maximum atomic E-state index is 2.54. The van der Waals surface area contributed by atoms with Gasteiger partial charge in [0.25, 0.3) is 0 Å². The van der Waals surface area contributed by atoms with Gasteiger partial charge in [0.15, 0.2) is 0 Å². The first kappa shape index (κ1) is 60.2. The minimum atomic E-state index is -0.450. The lowest BCUT2D eigenvalue weighted by Gasteiger charge is -2.45. The Kier molecular flexibility index (Phi) is 16.8. The predicted molar refractivity (Wildman–Crippen MR) is 417 cm³/mol. The van der Waals surface area contributed by atoms with E-state index in [0.29, 0.717) is 0 Å². The Morgan fingerprint density at radius 2 is 0.561 bits per heavy atom. The zero-order chi connectivity index (χ0) is 65.5. The molecule has 1 aliphatic carbocycles. The van der Waals surface area contributed by atoms with E-state index in [0.717, 1.165) is 63.3 Å². The molecule has 0 spiro atoms. The highest BCUT2D eigenvalue weighted by atomic mass is 15.2. The van der Waals surface area contributed by atoms with Crippen LogP contribution in [0, 0.1) is 0 Å². The molecule has 0 radical (unpaired) electrons. The molecule has 0 N–H and O–H groups in total. The van der Waals surface area contributed by atoms with E-state index in [4.69, 9.17) is 0 Å². The van der Waals surface area contributed by atoms with Gasteiger partial charge in [-0.2, -0.15) is 0 Å². The van der Waals surface area contributed by atoms with Crippen molar-refractivity contribution in [1.82, 2.24) is 0 Å². The van der Waals surface area contributed by atoms with Gasteiger partial charge in [-0.3, -0.25) is 0 Å². The molecule has 17 rings (SSSR count). The summed E-state index contributed by atoms with van der Waals surface area (Å²) in [5.41, 5.74) is 18.1. The van der Waals surface area contributed by atoms with E-state index in [1.54, 1.807) is 0 Å². The molecule has 0 fully saturated rings. The normalized spacial score (nSPS) is 13.3. The van der Waals surface area contributed by atoms with Crippen molar-refractivity contribution in [2.45, 2.75) is 12.0 Å². The van der Waals surface area contributed by atoms with Crippen molar-refractivity contribution in [3.8, 4) is 11.1 Å². The van der Waals surface area contributed by atoms with Crippen LogP contribution in [-0.2, 0) is 5.54 Å². The lowest BCUT2D eigenvalue weighted by molar-refractivity contribution is 0.549. The highest BCUT2D eigenvalue weighted by Gasteiger charge is 2.39. The summed E-state index contributed by atoms with van der Waals surface area (Å²) in [4.78, 5) is 9.54. The highest BCUT2D eigenvalue weighted by Crippen LogP contribution is 2.49. The lowest BCUT2D eigenvalue weighted by atomic mass is 9.78. The maximum absolute atomic E-state index is 2.54. The van der Waals surface area contributed by atoms with Crippen LogP contribution in [0.2, 0.25) is 0 Å². The molecular formula is C94H70N4. The van der Waals surface area contributed by atoms with Gasteiger partial charge in [-0.25, -0.2) is 0 Å². The zero-order valence-corrected chi connectivity index (χ0v) is 54.3. The van der Waals surface area contributed by atoms with Gasteiger partial charge in [0.1, 0.15) is 0 Å². The van der Waals surface area contributed by atoms with Crippen LogP contribution < -0.4 is 19.6 Å². The summed E-state index contributed by atoms with van der Waals surface area (Å²) in [7, 11) is 0. The Hall–Kier alpha value is -12.8. The quantitative estimate of drug-likeness (QED) is 0.101. The van der Waals surface area contributed by atoms with Gasteiger partial charge in [0, 0.05) is 62.0 Å². The third-order valence-electron chi connectivity index (χ3n) is 18.9. The molecule has 0 bridgehead atoms. The zero-order valence-electron chi connectivity index (χ0n) is 54.3. The summed E-state index contributed by atoms with van der Waals surface area (Å²) in [6.45, 7) is 0. The van der Waals surface area contributed by atoms with Gasteiger partial charge in [0.2, 0.25) is 0 Å². The molecule has 16 aromatic rings. The Bertz CT molecular complexity index is 5290. The Balaban J connectivity index is 0.000000154. The number of fused-ring (bicyclic) bond motifs is 4. The number of anilines is 11. The van der Waals surface area contributed by atoms with Crippen molar-refractivity contribution in [2.75, 3.05) is 19.6 Å². The van der Waals surface area contributed by atoms with Crippen LogP contribution in [0.5, 0.6) is 0 Å². The highest BCUT2D eigenvalue weighted by molar-refractivity contribution is 6.00. The Morgan fingerprint density at radius 3 is 1.02 bits per heavy atom. The molecule has 466 valence electrons. The molecule has 0 saturated heterocycles. The lowest BCUT2D eigenvalue weighted by Crippen LogP contribution is -2.42. The smallest absolute Gasteiger partial charge is 0.0924 e. The molecule has 98 heavy (non-hydrogen) atoms. The van der Waals surface area contributed by atoms with E-state index >= 15 is 0 Å². The number of nitrogens with zero attached hydrogens (tertiary/aromatic N) is 4. The average Bonchev–Trinajstić information content (AvgIpc) is 0.737. The van der Waals surface area contributed by atoms with E-state index in [1.165, 1.54) is 76.6 Å². The number of benzene rings is 16. The summed E-state index contributed by atoms with van der Waals surface area (Å²) in [6, 6.07) is 141. The Morgan fingerprint density at radius 1 is 0.224 bits per heavy atom. The second kappa shape index (κ2) is 27.3. The molecular weight excluding hydrogens is 1190 g/mol. The van der Waals surface area contributed by atoms with Crippen LogP contribution >= 0.6 is 0 Å². The van der Waals surface area contributed by atoms with Crippen LogP contribution in [0.4, 0.5) is 62.6 Å². The SMILES string of the molecule is C1=CC(c2ccccc2)(N(c2ccccc2)c2cccc3ccccc23)CC=C1c1ccc(N(c2ccccc2)c2cccc3ccccc23)cc1.c1ccc(N(c2ccc(-c3ccc(N(c4ccccc4)c4ccc5ccccc5c4)cc3)cc2)c2ccc3ccccc3c2)cc1.